The monoisotopic (exact) mass is 431 g/mol. The predicted molar refractivity (Wildman–Crippen MR) is 120 cm³/mol. The highest BCUT2D eigenvalue weighted by Gasteiger charge is 2.36. The normalized spacial score (nSPS) is 14.8. The molecule has 0 aromatic heterocycles. The van der Waals surface area contributed by atoms with Crippen molar-refractivity contribution in [3.63, 3.8) is 0 Å². The number of amides is 2. The Labute approximate surface area is 183 Å². The fourth-order valence-corrected chi connectivity index (χ4v) is 3.52. The number of thiocarbonyl (C=S) groups is 1. The van der Waals surface area contributed by atoms with E-state index in [9.17, 15) is 19.2 Å². The van der Waals surface area contributed by atoms with Gasteiger partial charge in [0.15, 0.2) is 16.7 Å². The van der Waals surface area contributed by atoms with E-state index in [-0.39, 0.29) is 22.4 Å². The number of ketones is 2. The van der Waals surface area contributed by atoms with Crippen LogP contribution in [0.3, 0.4) is 0 Å². The number of nitrogens with one attached hydrogen (secondary N) is 3. The highest BCUT2D eigenvalue weighted by molar-refractivity contribution is 7.80. The maximum absolute atomic E-state index is 12.4. The summed E-state index contributed by atoms with van der Waals surface area (Å²) in [7, 11) is 0. The lowest BCUT2D eigenvalue weighted by atomic mass is 9.77. The summed E-state index contributed by atoms with van der Waals surface area (Å²) in [6, 6.07) is 15.6. The molecule has 8 heteroatoms. The van der Waals surface area contributed by atoms with Gasteiger partial charge in [-0.15, -0.1) is 0 Å². The molecule has 0 unspecified atom stereocenters. The van der Waals surface area contributed by atoms with Gasteiger partial charge in [0.2, 0.25) is 0 Å². The quantitative estimate of drug-likeness (QED) is 0.391. The zero-order valence-electron chi connectivity index (χ0n) is 16.2. The number of carbonyl (C=O) groups excluding carboxylic acids is 4. The molecule has 0 saturated heterocycles. The lowest BCUT2D eigenvalue weighted by molar-refractivity contribution is -0.122. The van der Waals surface area contributed by atoms with E-state index in [1.807, 2.05) is 6.07 Å². The fraction of sp³-hybridized carbons (Fsp3) is 0.0870. The molecule has 0 bridgehead atoms. The van der Waals surface area contributed by atoms with Crippen molar-refractivity contribution in [3.8, 4) is 0 Å². The topological polar surface area (TPSA) is 104 Å². The first-order valence-electron chi connectivity index (χ1n) is 9.54. The van der Waals surface area contributed by atoms with E-state index in [1.54, 1.807) is 48.5 Å². The number of hydrogen-bond donors (Lipinski definition) is 3. The third kappa shape index (κ3) is 4.34. The average molecular weight is 431 g/mol. The van der Waals surface area contributed by atoms with Crippen LogP contribution in [-0.4, -0.2) is 28.5 Å². The number of benzene rings is 2. The molecule has 4 rings (SSSR count). The lowest BCUT2D eigenvalue weighted by Gasteiger charge is -2.25. The molecule has 0 aliphatic heterocycles. The predicted octanol–water partition coefficient (Wildman–Crippen LogP) is 2.92. The van der Waals surface area contributed by atoms with Gasteiger partial charge < -0.3 is 10.6 Å². The maximum atomic E-state index is 12.4. The Morgan fingerprint density at radius 1 is 0.806 bits per heavy atom. The second-order valence-electron chi connectivity index (χ2n) is 7.02. The van der Waals surface area contributed by atoms with Crippen LogP contribution in [0, 0.1) is 0 Å². The molecule has 154 valence electrons. The second kappa shape index (κ2) is 8.45. The van der Waals surface area contributed by atoms with Gasteiger partial charge in [-0.2, -0.15) is 0 Å². The van der Waals surface area contributed by atoms with Gasteiger partial charge in [0.1, 0.15) is 0 Å². The molecule has 0 fully saturated rings. The number of anilines is 2. The number of hydrogen-bond acceptors (Lipinski definition) is 5. The summed E-state index contributed by atoms with van der Waals surface area (Å²) in [5.74, 6) is -1.72. The van der Waals surface area contributed by atoms with Crippen LogP contribution in [0.1, 0.15) is 23.2 Å². The van der Waals surface area contributed by atoms with E-state index in [2.05, 4.69) is 16.0 Å². The average Bonchev–Trinajstić information content (AvgIpc) is 2.71. The van der Waals surface area contributed by atoms with Crippen LogP contribution >= 0.6 is 12.2 Å². The Kier molecular flexibility index (Phi) is 5.55. The van der Waals surface area contributed by atoms with Crippen LogP contribution in [0.2, 0.25) is 0 Å². The Morgan fingerprint density at radius 2 is 1.48 bits per heavy atom. The zero-order valence-corrected chi connectivity index (χ0v) is 17.0. The molecule has 2 aromatic carbocycles. The molecule has 7 nitrogen and oxygen atoms in total. The fourth-order valence-electron chi connectivity index (χ4n) is 3.31. The van der Waals surface area contributed by atoms with Gasteiger partial charge in [-0.05, 0) is 55.4 Å². The second-order valence-corrected chi connectivity index (χ2v) is 7.43. The van der Waals surface area contributed by atoms with Crippen molar-refractivity contribution in [2.45, 2.75) is 12.8 Å². The standard InChI is InChI=1S/C23H17N3O4S/c27-19-12-18(20(28)17-10-9-16(17)19)22(30)26-23(31)25-15-8-4-7-14(11-15)24-21(29)13-5-2-1-3-6-13/h1-8,11-12H,9-10H2,(H,24,29)(H2,25,26,30,31). The number of rotatable bonds is 4. The van der Waals surface area contributed by atoms with Gasteiger partial charge in [-0.3, -0.25) is 24.5 Å². The smallest absolute Gasteiger partial charge is 0.261 e. The molecule has 3 N–H and O–H groups in total. The van der Waals surface area contributed by atoms with Gasteiger partial charge in [0.25, 0.3) is 11.8 Å². The first kappa shape index (κ1) is 20.4. The van der Waals surface area contributed by atoms with Crippen LogP contribution in [0.4, 0.5) is 11.4 Å². The van der Waals surface area contributed by atoms with Crippen molar-refractivity contribution < 1.29 is 19.2 Å². The van der Waals surface area contributed by atoms with Crippen molar-refractivity contribution in [2.75, 3.05) is 10.6 Å². The Hall–Kier alpha value is -3.91. The summed E-state index contributed by atoms with van der Waals surface area (Å²) in [6.07, 6.45) is 2.15. The van der Waals surface area contributed by atoms with E-state index in [0.717, 1.165) is 6.08 Å². The number of allylic oxidation sites excluding steroid dienone is 3. The first-order chi connectivity index (χ1) is 14.9. The van der Waals surface area contributed by atoms with Crippen LogP contribution in [0.15, 0.2) is 77.4 Å². The van der Waals surface area contributed by atoms with Gasteiger partial charge in [-0.25, -0.2) is 0 Å². The summed E-state index contributed by atoms with van der Waals surface area (Å²) in [5, 5.41) is 8.01. The van der Waals surface area contributed by atoms with E-state index < -0.39 is 11.7 Å². The van der Waals surface area contributed by atoms with Gasteiger partial charge >= 0.3 is 0 Å². The zero-order chi connectivity index (χ0) is 22.0. The van der Waals surface area contributed by atoms with Gasteiger partial charge in [0.05, 0.1) is 5.57 Å². The Morgan fingerprint density at radius 3 is 2.16 bits per heavy atom. The third-order valence-corrected chi connectivity index (χ3v) is 5.17. The van der Waals surface area contributed by atoms with Crippen LogP contribution in [0.5, 0.6) is 0 Å². The molecule has 31 heavy (non-hydrogen) atoms. The molecule has 2 aromatic rings. The van der Waals surface area contributed by atoms with E-state index in [4.69, 9.17) is 12.2 Å². The van der Waals surface area contributed by atoms with E-state index >= 15 is 0 Å². The number of carbonyl (C=O) groups is 4. The highest BCUT2D eigenvalue weighted by atomic mass is 32.1. The van der Waals surface area contributed by atoms with Crippen molar-refractivity contribution in [1.29, 1.82) is 0 Å². The molecular formula is C23H17N3O4S. The molecule has 0 atom stereocenters. The molecule has 2 amide bonds. The minimum absolute atomic E-state index is 0.0360. The minimum Gasteiger partial charge on any atom is -0.332 e. The summed E-state index contributed by atoms with van der Waals surface area (Å²) in [6.45, 7) is 0. The lowest BCUT2D eigenvalue weighted by Crippen LogP contribution is -2.39. The first-order valence-corrected chi connectivity index (χ1v) is 9.95. The Balaban J connectivity index is 1.38. The maximum Gasteiger partial charge on any atom is 0.261 e. The molecule has 2 aliphatic rings. The molecule has 2 aliphatic carbocycles. The van der Waals surface area contributed by atoms with Crippen LogP contribution in [0.25, 0.3) is 0 Å². The largest absolute Gasteiger partial charge is 0.332 e. The summed E-state index contributed by atoms with van der Waals surface area (Å²) >= 11 is 5.16. The van der Waals surface area contributed by atoms with Crippen molar-refractivity contribution >= 4 is 52.1 Å². The number of Topliss-reactive ketones (excluding diaryl/α,β-unsaturated/α-hetero) is 1. The van der Waals surface area contributed by atoms with Gasteiger partial charge in [0, 0.05) is 34.2 Å². The molecular weight excluding hydrogens is 414 g/mol. The van der Waals surface area contributed by atoms with Crippen molar-refractivity contribution in [1.82, 2.24) is 5.32 Å². The van der Waals surface area contributed by atoms with Crippen LogP contribution < -0.4 is 16.0 Å². The van der Waals surface area contributed by atoms with E-state index in [0.29, 0.717) is 40.9 Å². The summed E-state index contributed by atoms with van der Waals surface area (Å²) in [4.78, 5) is 49.0. The van der Waals surface area contributed by atoms with Crippen molar-refractivity contribution in [2.24, 2.45) is 0 Å². The SMILES string of the molecule is O=C1C=C(C(=O)NC(=S)Nc2cccc(NC(=O)c3ccccc3)c2)C(=O)C2=C1CC2. The minimum atomic E-state index is -0.733. The summed E-state index contributed by atoms with van der Waals surface area (Å²) < 4.78 is 0. The van der Waals surface area contributed by atoms with Crippen molar-refractivity contribution in [3.05, 3.63) is 83.0 Å². The third-order valence-electron chi connectivity index (χ3n) is 4.97. The Bertz CT molecular complexity index is 1200. The van der Waals surface area contributed by atoms with E-state index in [1.165, 1.54) is 0 Å². The molecule has 0 radical (unpaired) electrons. The van der Waals surface area contributed by atoms with Gasteiger partial charge in [-0.1, -0.05) is 24.3 Å². The summed E-state index contributed by atoms with van der Waals surface area (Å²) in [5.41, 5.74) is 2.29. The molecule has 0 heterocycles. The molecule has 0 saturated carbocycles. The molecule has 0 spiro atoms. The van der Waals surface area contributed by atoms with Crippen LogP contribution in [-0.2, 0) is 14.4 Å². The highest BCUT2D eigenvalue weighted by Crippen LogP contribution is 2.34.